The summed E-state index contributed by atoms with van der Waals surface area (Å²) in [7, 11) is -0.893. The average Bonchev–Trinajstić information content (AvgIpc) is 2.36. The number of rotatable bonds is 4. The first kappa shape index (κ1) is 14.4. The predicted molar refractivity (Wildman–Crippen MR) is 64.1 cm³/mol. The van der Waals surface area contributed by atoms with E-state index in [1.165, 1.54) is 25.4 Å². The minimum atomic E-state index is -3.62. The number of sulfonamides is 1. The van der Waals surface area contributed by atoms with Crippen LogP contribution in [-0.4, -0.2) is 57.2 Å². The van der Waals surface area contributed by atoms with E-state index in [1.54, 1.807) is 0 Å². The lowest BCUT2D eigenvalue weighted by Crippen LogP contribution is -2.48. The minimum absolute atomic E-state index is 0.0339. The van der Waals surface area contributed by atoms with Crippen LogP contribution >= 0.6 is 0 Å². The van der Waals surface area contributed by atoms with Gasteiger partial charge >= 0.3 is 5.97 Å². The van der Waals surface area contributed by atoms with Crippen molar-refractivity contribution in [2.75, 3.05) is 27.2 Å². The first-order chi connectivity index (χ1) is 7.91. The molecule has 100 valence electrons. The zero-order valence-corrected chi connectivity index (χ0v) is 11.3. The van der Waals surface area contributed by atoms with Gasteiger partial charge in [0, 0.05) is 13.1 Å². The molecule has 1 heterocycles. The van der Waals surface area contributed by atoms with Crippen molar-refractivity contribution in [3.05, 3.63) is 0 Å². The number of carbonyl (C=O) groups is 1. The molecule has 0 aliphatic carbocycles. The van der Waals surface area contributed by atoms with E-state index >= 15 is 0 Å². The third-order valence-electron chi connectivity index (χ3n) is 3.20. The Morgan fingerprint density at radius 1 is 1.41 bits per heavy atom. The summed E-state index contributed by atoms with van der Waals surface area (Å²) in [5.41, 5.74) is 0. The molecule has 1 atom stereocenters. The maximum Gasteiger partial charge on any atom is 0.325 e. The number of nitrogens with one attached hydrogen (secondary N) is 1. The van der Waals surface area contributed by atoms with Crippen molar-refractivity contribution >= 4 is 16.0 Å². The zero-order valence-electron chi connectivity index (χ0n) is 10.5. The molecule has 6 nitrogen and oxygen atoms in total. The summed E-state index contributed by atoms with van der Waals surface area (Å²) in [6, 6.07) is -0.0339. The lowest BCUT2D eigenvalue weighted by atomic mass is 10.1. The molecule has 0 aromatic rings. The molecule has 0 bridgehead atoms. The average molecular weight is 264 g/mol. The van der Waals surface area contributed by atoms with E-state index < -0.39 is 21.2 Å². The van der Waals surface area contributed by atoms with Gasteiger partial charge < -0.3 is 10.1 Å². The third kappa shape index (κ3) is 3.17. The van der Waals surface area contributed by atoms with Crippen LogP contribution in [0, 0.1) is 0 Å². The Bertz CT molecular complexity index is 363. The Hall–Kier alpha value is -0.660. The highest BCUT2D eigenvalue weighted by atomic mass is 32.2. The Kier molecular flexibility index (Phi) is 4.91. The van der Waals surface area contributed by atoms with Crippen LogP contribution in [0.1, 0.15) is 19.8 Å². The number of esters is 1. The van der Waals surface area contributed by atoms with Crippen molar-refractivity contribution in [2.24, 2.45) is 0 Å². The van der Waals surface area contributed by atoms with Crippen LogP contribution in [0.5, 0.6) is 0 Å². The molecule has 1 N–H and O–H groups in total. The Labute approximate surface area is 102 Å². The molecule has 17 heavy (non-hydrogen) atoms. The number of nitrogens with zero attached hydrogens (tertiary/aromatic N) is 1. The third-order valence-corrected chi connectivity index (χ3v) is 5.39. The molecule has 0 amide bonds. The van der Waals surface area contributed by atoms with E-state index in [-0.39, 0.29) is 6.04 Å². The van der Waals surface area contributed by atoms with E-state index in [4.69, 9.17) is 0 Å². The highest BCUT2D eigenvalue weighted by Crippen LogP contribution is 2.17. The number of ether oxygens (including phenoxy) is 1. The highest BCUT2D eigenvalue weighted by molar-refractivity contribution is 7.90. The SMILES string of the molecule is COC(=O)C(C)S(=O)(=O)N(C)C1CCNCC1. The van der Waals surface area contributed by atoms with Gasteiger partial charge in [0.25, 0.3) is 0 Å². The van der Waals surface area contributed by atoms with Gasteiger partial charge in [0.1, 0.15) is 0 Å². The van der Waals surface area contributed by atoms with E-state index in [2.05, 4.69) is 10.1 Å². The monoisotopic (exact) mass is 264 g/mol. The molecular weight excluding hydrogens is 244 g/mol. The van der Waals surface area contributed by atoms with Crippen LogP contribution in [-0.2, 0) is 19.6 Å². The maximum atomic E-state index is 12.1. The summed E-state index contributed by atoms with van der Waals surface area (Å²) in [6.07, 6.45) is 1.53. The summed E-state index contributed by atoms with van der Waals surface area (Å²) >= 11 is 0. The Morgan fingerprint density at radius 2 is 1.94 bits per heavy atom. The molecule has 1 rings (SSSR count). The standard InChI is InChI=1S/C10H20N2O4S/c1-8(10(13)16-3)17(14,15)12(2)9-4-6-11-7-5-9/h8-9,11H,4-7H2,1-3H3. The predicted octanol–water partition coefficient (Wildman–Crippen LogP) is -0.438. The van der Waals surface area contributed by atoms with Crippen molar-refractivity contribution in [3.63, 3.8) is 0 Å². The van der Waals surface area contributed by atoms with E-state index in [0.29, 0.717) is 0 Å². The van der Waals surface area contributed by atoms with E-state index in [0.717, 1.165) is 25.9 Å². The van der Waals surface area contributed by atoms with Crippen molar-refractivity contribution in [1.29, 1.82) is 0 Å². The van der Waals surface area contributed by atoms with Crippen LogP contribution in [0.2, 0.25) is 0 Å². The van der Waals surface area contributed by atoms with Gasteiger partial charge in [-0.15, -0.1) is 0 Å². The molecule has 7 heteroatoms. The lowest BCUT2D eigenvalue weighted by molar-refractivity contribution is -0.139. The molecule has 0 saturated carbocycles. The van der Waals surface area contributed by atoms with Gasteiger partial charge in [-0.3, -0.25) is 4.79 Å². The van der Waals surface area contributed by atoms with Crippen molar-refractivity contribution in [2.45, 2.75) is 31.1 Å². The van der Waals surface area contributed by atoms with E-state index in [1.807, 2.05) is 0 Å². The van der Waals surface area contributed by atoms with Crippen LogP contribution < -0.4 is 5.32 Å². The summed E-state index contributed by atoms with van der Waals surface area (Å²) < 4.78 is 30.1. The molecule has 0 aromatic carbocycles. The first-order valence-corrected chi connectivity index (χ1v) is 7.17. The fourth-order valence-electron chi connectivity index (χ4n) is 1.92. The van der Waals surface area contributed by atoms with Crippen LogP contribution in [0.3, 0.4) is 0 Å². The Morgan fingerprint density at radius 3 is 2.41 bits per heavy atom. The van der Waals surface area contributed by atoms with Gasteiger partial charge in [-0.1, -0.05) is 0 Å². The van der Waals surface area contributed by atoms with Gasteiger partial charge in [0.15, 0.2) is 5.25 Å². The lowest BCUT2D eigenvalue weighted by Gasteiger charge is -2.32. The summed E-state index contributed by atoms with van der Waals surface area (Å²) in [6.45, 7) is 2.97. The second-order valence-electron chi connectivity index (χ2n) is 4.21. The van der Waals surface area contributed by atoms with Crippen molar-refractivity contribution < 1.29 is 17.9 Å². The van der Waals surface area contributed by atoms with Crippen LogP contribution in [0.15, 0.2) is 0 Å². The molecule has 1 unspecified atom stereocenters. The van der Waals surface area contributed by atoms with Crippen LogP contribution in [0.25, 0.3) is 0 Å². The molecule has 1 saturated heterocycles. The van der Waals surface area contributed by atoms with Gasteiger partial charge in [-0.2, -0.15) is 0 Å². The number of hydrogen-bond donors (Lipinski definition) is 1. The fourth-order valence-corrected chi connectivity index (χ4v) is 3.38. The summed E-state index contributed by atoms with van der Waals surface area (Å²) in [4.78, 5) is 11.3. The van der Waals surface area contributed by atoms with Gasteiger partial charge in [0.05, 0.1) is 7.11 Å². The Balaban J connectivity index is 2.78. The second-order valence-corrected chi connectivity index (χ2v) is 6.52. The van der Waals surface area contributed by atoms with Gasteiger partial charge in [-0.05, 0) is 32.9 Å². The molecule has 0 spiro atoms. The molecule has 1 fully saturated rings. The largest absolute Gasteiger partial charge is 0.468 e. The number of carbonyl (C=O) groups excluding carboxylic acids is 1. The fraction of sp³-hybridized carbons (Fsp3) is 0.900. The smallest absolute Gasteiger partial charge is 0.325 e. The molecule has 0 aromatic heterocycles. The number of hydrogen-bond acceptors (Lipinski definition) is 5. The zero-order chi connectivity index (χ0) is 13.1. The normalized spacial score (nSPS) is 20.2. The van der Waals surface area contributed by atoms with Crippen LogP contribution in [0.4, 0.5) is 0 Å². The molecule has 1 aliphatic rings. The second kappa shape index (κ2) is 5.79. The molecular formula is C10H20N2O4S. The first-order valence-electron chi connectivity index (χ1n) is 5.66. The number of piperidine rings is 1. The minimum Gasteiger partial charge on any atom is -0.468 e. The highest BCUT2D eigenvalue weighted by Gasteiger charge is 2.36. The van der Waals surface area contributed by atoms with Crippen molar-refractivity contribution in [3.8, 4) is 0 Å². The summed E-state index contributed by atoms with van der Waals surface area (Å²) in [5, 5.41) is 2.03. The topological polar surface area (TPSA) is 75.7 Å². The maximum absolute atomic E-state index is 12.1. The number of methoxy groups -OCH3 is 1. The van der Waals surface area contributed by atoms with Gasteiger partial charge in [-0.25, -0.2) is 12.7 Å². The molecule has 1 aliphatic heterocycles. The van der Waals surface area contributed by atoms with Gasteiger partial charge in [0.2, 0.25) is 10.0 Å². The van der Waals surface area contributed by atoms with Crippen molar-refractivity contribution in [1.82, 2.24) is 9.62 Å². The summed E-state index contributed by atoms with van der Waals surface area (Å²) in [5.74, 6) is -0.717. The molecule has 0 radical (unpaired) electrons. The quantitative estimate of drug-likeness (QED) is 0.697. The van der Waals surface area contributed by atoms with E-state index in [9.17, 15) is 13.2 Å².